The minimum atomic E-state index is 0.485. The zero-order chi connectivity index (χ0) is 12.9. The van der Waals surface area contributed by atoms with E-state index in [9.17, 15) is 0 Å². The summed E-state index contributed by atoms with van der Waals surface area (Å²) in [7, 11) is 4.63. The van der Waals surface area contributed by atoms with Gasteiger partial charge in [-0.15, -0.1) is 0 Å². The molecule has 3 rings (SSSR count). The van der Waals surface area contributed by atoms with Crippen LogP contribution < -0.4 is 0 Å². The van der Waals surface area contributed by atoms with Gasteiger partial charge in [-0.05, 0) is 61.4 Å². The van der Waals surface area contributed by atoms with Crippen LogP contribution in [0, 0.1) is 28.1 Å². The topological polar surface area (TPSA) is 3.24 Å². The Bertz CT molecular complexity index is 376. The summed E-state index contributed by atoms with van der Waals surface area (Å²) in [6, 6.07) is 0. The Labute approximate surface area is 107 Å². The highest BCUT2D eigenvalue weighted by molar-refractivity contribution is 5.37. The van der Waals surface area contributed by atoms with Gasteiger partial charge in [0.15, 0.2) is 0 Å². The van der Waals surface area contributed by atoms with Gasteiger partial charge in [-0.25, -0.2) is 0 Å². The summed E-state index contributed by atoms with van der Waals surface area (Å²) in [6.07, 6.45) is 4.30. The molecule has 1 nitrogen and oxygen atoms in total. The second-order valence-electron chi connectivity index (χ2n) is 8.33. The van der Waals surface area contributed by atoms with Crippen molar-refractivity contribution in [3.8, 4) is 0 Å². The molecule has 0 N–H and O–H groups in total. The predicted molar refractivity (Wildman–Crippen MR) is 72.9 cm³/mol. The lowest BCUT2D eigenvalue weighted by Crippen LogP contribution is -2.52. The minimum absolute atomic E-state index is 0.485. The lowest BCUT2D eigenvalue weighted by atomic mass is 9.60. The van der Waals surface area contributed by atoms with Crippen molar-refractivity contribution in [3.05, 3.63) is 0 Å². The van der Waals surface area contributed by atoms with Gasteiger partial charge < -0.3 is 4.90 Å². The highest BCUT2D eigenvalue weighted by Gasteiger charge is 2.86. The maximum atomic E-state index is 2.61. The van der Waals surface area contributed by atoms with E-state index in [2.05, 4.69) is 53.6 Å². The fourth-order valence-corrected chi connectivity index (χ4v) is 6.85. The third-order valence-corrected chi connectivity index (χ3v) is 7.87. The van der Waals surface area contributed by atoms with Crippen molar-refractivity contribution in [2.75, 3.05) is 14.1 Å². The van der Waals surface area contributed by atoms with Gasteiger partial charge in [0.25, 0.3) is 0 Å². The maximum Gasteiger partial charge on any atom is 0.0325 e. The van der Waals surface area contributed by atoms with E-state index in [1.807, 2.05) is 0 Å². The number of rotatable bonds is 1. The molecular formula is C16H29N. The molecule has 0 spiro atoms. The second-order valence-corrected chi connectivity index (χ2v) is 8.33. The van der Waals surface area contributed by atoms with Gasteiger partial charge in [-0.2, -0.15) is 0 Å². The summed E-state index contributed by atoms with van der Waals surface area (Å²) >= 11 is 0. The van der Waals surface area contributed by atoms with Gasteiger partial charge >= 0.3 is 0 Å². The molecule has 17 heavy (non-hydrogen) atoms. The Morgan fingerprint density at radius 3 is 2.06 bits per heavy atom. The van der Waals surface area contributed by atoms with Crippen LogP contribution in [-0.4, -0.2) is 24.5 Å². The van der Waals surface area contributed by atoms with E-state index in [1.54, 1.807) is 0 Å². The van der Waals surface area contributed by atoms with Gasteiger partial charge in [0.1, 0.15) is 0 Å². The Morgan fingerprint density at radius 1 is 0.941 bits per heavy atom. The van der Waals surface area contributed by atoms with Crippen LogP contribution in [0.3, 0.4) is 0 Å². The molecule has 0 aromatic rings. The van der Waals surface area contributed by atoms with Crippen LogP contribution in [0.4, 0.5) is 0 Å². The summed E-state index contributed by atoms with van der Waals surface area (Å²) in [5.41, 5.74) is 2.14. The molecule has 3 aliphatic rings. The van der Waals surface area contributed by atoms with Gasteiger partial charge in [0.2, 0.25) is 0 Å². The van der Waals surface area contributed by atoms with Crippen LogP contribution in [0.15, 0.2) is 0 Å². The van der Waals surface area contributed by atoms with Crippen LogP contribution in [0.1, 0.15) is 53.9 Å². The first-order valence-corrected chi connectivity index (χ1v) is 7.33. The largest absolute Gasteiger partial charge is 0.303 e. The second kappa shape index (κ2) is 2.76. The molecule has 1 heteroatoms. The van der Waals surface area contributed by atoms with Crippen molar-refractivity contribution in [1.29, 1.82) is 0 Å². The quantitative estimate of drug-likeness (QED) is 0.668. The molecule has 6 atom stereocenters. The maximum absolute atomic E-state index is 2.61. The van der Waals surface area contributed by atoms with Crippen LogP contribution >= 0.6 is 0 Å². The van der Waals surface area contributed by atoms with Crippen LogP contribution in [0.25, 0.3) is 0 Å². The summed E-state index contributed by atoms with van der Waals surface area (Å²) < 4.78 is 0. The van der Waals surface area contributed by atoms with Gasteiger partial charge in [-0.1, -0.05) is 34.6 Å². The third-order valence-electron chi connectivity index (χ3n) is 7.87. The van der Waals surface area contributed by atoms with Crippen molar-refractivity contribution in [2.45, 2.75) is 59.4 Å². The van der Waals surface area contributed by atoms with E-state index >= 15 is 0 Å². The average molecular weight is 235 g/mol. The van der Waals surface area contributed by atoms with Gasteiger partial charge in [-0.3, -0.25) is 0 Å². The SMILES string of the molecule is CC1CC(C)C2(C)C1(C)CC1(C)CC12N(C)C. The lowest BCUT2D eigenvalue weighted by Gasteiger charge is -2.49. The standard InChI is InChI=1S/C16H29N/c1-11-8-12(2)15(5)14(11,4)9-13(3)10-16(13,15)17(6)7/h11-12H,8-10H2,1-7H3. The minimum Gasteiger partial charge on any atom is -0.303 e. The average Bonchev–Trinajstić information content (AvgIpc) is 2.73. The smallest absolute Gasteiger partial charge is 0.0325 e. The first kappa shape index (κ1) is 12.0. The lowest BCUT2D eigenvalue weighted by molar-refractivity contribution is -0.0102. The van der Waals surface area contributed by atoms with Gasteiger partial charge in [0, 0.05) is 5.54 Å². The van der Waals surface area contributed by atoms with E-state index in [1.165, 1.54) is 19.3 Å². The van der Waals surface area contributed by atoms with Crippen molar-refractivity contribution in [3.63, 3.8) is 0 Å². The summed E-state index contributed by atoms with van der Waals surface area (Å²) in [5.74, 6) is 1.76. The molecule has 98 valence electrons. The van der Waals surface area contributed by atoms with Crippen LogP contribution in [0.2, 0.25) is 0 Å². The highest BCUT2D eigenvalue weighted by Crippen LogP contribution is 2.86. The first-order valence-electron chi connectivity index (χ1n) is 7.33. The fraction of sp³-hybridized carbons (Fsp3) is 1.00. The van der Waals surface area contributed by atoms with E-state index < -0.39 is 0 Å². The molecule has 0 heterocycles. The predicted octanol–water partition coefficient (Wildman–Crippen LogP) is 3.79. The van der Waals surface area contributed by atoms with Crippen LogP contribution in [0.5, 0.6) is 0 Å². The van der Waals surface area contributed by atoms with E-state index in [4.69, 9.17) is 0 Å². The van der Waals surface area contributed by atoms with Crippen molar-refractivity contribution >= 4 is 0 Å². The Kier molecular flexibility index (Phi) is 1.95. The highest BCUT2D eigenvalue weighted by atomic mass is 15.3. The van der Waals surface area contributed by atoms with E-state index in [0.29, 0.717) is 21.8 Å². The number of nitrogens with zero attached hydrogens (tertiary/aromatic N) is 1. The molecule has 0 bridgehead atoms. The molecular weight excluding hydrogens is 206 g/mol. The monoisotopic (exact) mass is 235 g/mol. The van der Waals surface area contributed by atoms with Crippen molar-refractivity contribution in [2.24, 2.45) is 28.1 Å². The number of fused-ring (bicyclic) bond motifs is 3. The van der Waals surface area contributed by atoms with E-state index in [0.717, 1.165) is 11.8 Å². The Balaban J connectivity index is 2.17. The fourth-order valence-electron chi connectivity index (χ4n) is 6.85. The zero-order valence-corrected chi connectivity index (χ0v) is 12.7. The zero-order valence-electron chi connectivity index (χ0n) is 12.7. The van der Waals surface area contributed by atoms with Gasteiger partial charge in [0.05, 0.1) is 0 Å². The molecule has 3 fully saturated rings. The molecule has 0 radical (unpaired) electrons. The molecule has 0 amide bonds. The van der Waals surface area contributed by atoms with Crippen molar-refractivity contribution in [1.82, 2.24) is 4.90 Å². The molecule has 0 aromatic carbocycles. The first-order chi connectivity index (χ1) is 7.66. The normalized spacial score (nSPS) is 64.9. The molecule has 0 aliphatic heterocycles. The Morgan fingerprint density at radius 2 is 1.53 bits per heavy atom. The number of hydrogen-bond acceptors (Lipinski definition) is 1. The number of hydrogen-bond donors (Lipinski definition) is 0. The summed E-state index contributed by atoms with van der Waals surface area (Å²) in [5, 5.41) is 0. The molecule has 3 saturated carbocycles. The molecule has 3 aliphatic carbocycles. The Hall–Kier alpha value is -0.0400. The van der Waals surface area contributed by atoms with E-state index in [-0.39, 0.29) is 0 Å². The molecule has 6 unspecified atom stereocenters. The molecule has 0 saturated heterocycles. The third kappa shape index (κ3) is 0.895. The van der Waals surface area contributed by atoms with Crippen LogP contribution in [-0.2, 0) is 0 Å². The van der Waals surface area contributed by atoms with Crippen molar-refractivity contribution < 1.29 is 0 Å². The summed E-state index contributed by atoms with van der Waals surface area (Å²) in [4.78, 5) is 2.58. The molecule has 0 aromatic heterocycles. The summed E-state index contributed by atoms with van der Waals surface area (Å²) in [6.45, 7) is 12.8.